The van der Waals surface area contributed by atoms with E-state index in [1.54, 1.807) is 56.5 Å². The van der Waals surface area contributed by atoms with Gasteiger partial charge in [-0.15, -0.1) is 0 Å². The van der Waals surface area contributed by atoms with Crippen molar-refractivity contribution in [2.24, 2.45) is 4.99 Å². The lowest BCUT2D eigenvalue weighted by atomic mass is 9.96. The Morgan fingerprint density at radius 2 is 1.82 bits per heavy atom. The quantitative estimate of drug-likeness (QED) is 0.249. The number of thiazole rings is 1. The number of carbonyl (C=O) groups is 2. The maximum Gasteiger partial charge on any atom is 0.338 e. The average Bonchev–Trinajstić information content (AvgIpc) is 3.20. The van der Waals surface area contributed by atoms with Crippen molar-refractivity contribution in [1.29, 1.82) is 0 Å². The number of aromatic nitrogens is 1. The molecule has 0 aliphatic carbocycles. The fourth-order valence-corrected chi connectivity index (χ4v) is 5.14. The Morgan fingerprint density at radius 3 is 2.45 bits per heavy atom. The molecule has 2 heterocycles. The highest BCUT2D eigenvalue weighted by atomic mass is 32.1. The number of methoxy groups -OCH3 is 2. The summed E-state index contributed by atoms with van der Waals surface area (Å²) < 4.78 is 23.1. The molecule has 196 valence electrons. The second kappa shape index (κ2) is 11.3. The molecular weight excluding hydrogens is 508 g/mol. The van der Waals surface area contributed by atoms with Crippen LogP contribution in [0.3, 0.4) is 0 Å². The minimum absolute atomic E-state index is 0.0114. The summed E-state index contributed by atoms with van der Waals surface area (Å²) in [6.07, 6.45) is 3.21. The first kappa shape index (κ1) is 26.6. The molecule has 1 atom stereocenters. The van der Waals surface area contributed by atoms with E-state index in [2.05, 4.69) is 11.6 Å². The minimum atomic E-state index is -0.803. The molecule has 0 saturated carbocycles. The third-order valence-corrected chi connectivity index (χ3v) is 6.72. The van der Waals surface area contributed by atoms with Gasteiger partial charge in [-0.1, -0.05) is 42.2 Å². The highest BCUT2D eigenvalue weighted by molar-refractivity contribution is 7.07. The van der Waals surface area contributed by atoms with Crippen LogP contribution in [0.2, 0.25) is 0 Å². The number of esters is 2. The van der Waals surface area contributed by atoms with Gasteiger partial charge >= 0.3 is 11.9 Å². The molecule has 0 spiro atoms. The zero-order chi connectivity index (χ0) is 27.4. The van der Waals surface area contributed by atoms with Gasteiger partial charge in [0, 0.05) is 6.92 Å². The largest absolute Gasteiger partial charge is 0.493 e. The molecule has 0 radical (unpaired) electrons. The normalized spacial score (nSPS) is 14.8. The number of benzene rings is 2. The predicted octanol–water partition coefficient (Wildman–Crippen LogP) is 2.91. The van der Waals surface area contributed by atoms with Crippen molar-refractivity contribution in [3.8, 4) is 17.2 Å². The number of allylic oxidation sites excluding steroid dienone is 1. The molecule has 1 aromatic heterocycles. The van der Waals surface area contributed by atoms with Crippen LogP contribution in [0, 0.1) is 0 Å². The second-order valence-electron chi connectivity index (χ2n) is 8.25. The molecule has 0 amide bonds. The first-order chi connectivity index (χ1) is 18.3. The number of hydrogen-bond donors (Lipinski definition) is 0. The van der Waals surface area contributed by atoms with Gasteiger partial charge in [-0.25, -0.2) is 9.79 Å². The molecule has 1 aliphatic heterocycles. The van der Waals surface area contributed by atoms with Gasteiger partial charge < -0.3 is 18.9 Å². The number of nitrogens with zero attached hydrogens (tertiary/aromatic N) is 2. The SMILES string of the molecule is C=CCOC(=O)C1=C(C)N=c2s/c(=C\c3ccc(OC)c(OC)c3)c(=O)n2[C@H]1c1ccc(OC(C)=O)cc1. The minimum Gasteiger partial charge on any atom is -0.493 e. The molecule has 38 heavy (non-hydrogen) atoms. The van der Waals surface area contributed by atoms with Crippen LogP contribution >= 0.6 is 11.3 Å². The highest BCUT2D eigenvalue weighted by Gasteiger charge is 2.33. The van der Waals surface area contributed by atoms with Crippen LogP contribution in [0.5, 0.6) is 17.2 Å². The van der Waals surface area contributed by atoms with Gasteiger partial charge in [0.15, 0.2) is 16.3 Å². The molecule has 0 N–H and O–H groups in total. The van der Waals surface area contributed by atoms with E-state index in [1.165, 1.54) is 36.0 Å². The van der Waals surface area contributed by atoms with E-state index < -0.39 is 18.0 Å². The van der Waals surface area contributed by atoms with Crippen molar-refractivity contribution >= 4 is 29.4 Å². The molecule has 2 aromatic carbocycles. The van der Waals surface area contributed by atoms with Gasteiger partial charge in [-0.3, -0.25) is 14.2 Å². The van der Waals surface area contributed by atoms with Crippen LogP contribution in [0.1, 0.15) is 31.0 Å². The standard InChI is InChI=1S/C28H26N2O7S/c1-6-13-36-27(33)24-16(2)29-28-30(25(24)19-8-10-20(11-9-19)37-17(3)31)26(32)23(38-28)15-18-7-12-21(34-4)22(14-18)35-5/h6-12,14-15,25H,1,13H2,2-5H3/b23-15-/t25-/m0/s1. The van der Waals surface area contributed by atoms with Gasteiger partial charge in [0.1, 0.15) is 12.4 Å². The zero-order valence-electron chi connectivity index (χ0n) is 21.3. The van der Waals surface area contributed by atoms with Crippen LogP contribution < -0.4 is 29.1 Å². The van der Waals surface area contributed by atoms with Gasteiger partial charge in [0.05, 0.1) is 36.1 Å². The van der Waals surface area contributed by atoms with Crippen molar-refractivity contribution in [1.82, 2.24) is 4.57 Å². The van der Waals surface area contributed by atoms with Crippen molar-refractivity contribution in [2.75, 3.05) is 20.8 Å². The molecule has 10 heteroatoms. The van der Waals surface area contributed by atoms with Crippen LogP contribution in [0.25, 0.3) is 6.08 Å². The van der Waals surface area contributed by atoms with Crippen LogP contribution in [-0.4, -0.2) is 37.3 Å². The molecular formula is C28H26N2O7S. The van der Waals surface area contributed by atoms with Crippen molar-refractivity contribution in [3.05, 3.63) is 97.2 Å². The summed E-state index contributed by atoms with van der Waals surface area (Å²) in [6, 6.07) is 11.2. The molecule has 0 saturated heterocycles. The fraction of sp³-hybridized carbons (Fsp3) is 0.214. The summed E-state index contributed by atoms with van der Waals surface area (Å²) >= 11 is 1.21. The summed E-state index contributed by atoms with van der Waals surface area (Å²) in [6.45, 7) is 6.62. The van der Waals surface area contributed by atoms with Crippen molar-refractivity contribution in [2.45, 2.75) is 19.9 Å². The third kappa shape index (κ3) is 5.30. The Bertz CT molecular complexity index is 1610. The number of rotatable bonds is 8. The molecule has 3 aromatic rings. The topological polar surface area (TPSA) is 105 Å². The van der Waals surface area contributed by atoms with Crippen LogP contribution in [-0.2, 0) is 14.3 Å². The van der Waals surface area contributed by atoms with E-state index in [0.717, 1.165) is 5.56 Å². The lowest BCUT2D eigenvalue weighted by molar-refractivity contribution is -0.138. The van der Waals surface area contributed by atoms with Crippen LogP contribution in [0.15, 0.2) is 76.2 Å². The first-order valence-electron chi connectivity index (χ1n) is 11.6. The van der Waals surface area contributed by atoms with E-state index in [4.69, 9.17) is 18.9 Å². The van der Waals surface area contributed by atoms with E-state index in [9.17, 15) is 14.4 Å². The summed E-state index contributed by atoms with van der Waals surface area (Å²) in [7, 11) is 3.09. The predicted molar refractivity (Wildman–Crippen MR) is 142 cm³/mol. The second-order valence-corrected chi connectivity index (χ2v) is 9.26. The Kier molecular flexibility index (Phi) is 7.92. The number of carbonyl (C=O) groups excluding carboxylic acids is 2. The lowest BCUT2D eigenvalue weighted by Crippen LogP contribution is -2.39. The summed E-state index contributed by atoms with van der Waals surface area (Å²) in [5, 5.41) is 0. The molecule has 4 rings (SSSR count). The van der Waals surface area contributed by atoms with Gasteiger partial charge in [0.2, 0.25) is 0 Å². The number of hydrogen-bond acceptors (Lipinski definition) is 9. The lowest BCUT2D eigenvalue weighted by Gasteiger charge is -2.24. The monoisotopic (exact) mass is 534 g/mol. The maximum absolute atomic E-state index is 13.7. The Balaban J connectivity index is 1.88. The summed E-state index contributed by atoms with van der Waals surface area (Å²) in [5.41, 5.74) is 1.71. The Labute approximate surface area is 222 Å². The molecule has 0 unspecified atom stereocenters. The number of ether oxygens (including phenoxy) is 4. The smallest absolute Gasteiger partial charge is 0.338 e. The average molecular weight is 535 g/mol. The van der Waals surface area contributed by atoms with E-state index in [-0.39, 0.29) is 17.7 Å². The first-order valence-corrected chi connectivity index (χ1v) is 12.4. The van der Waals surface area contributed by atoms with Crippen molar-refractivity contribution < 1.29 is 28.5 Å². The van der Waals surface area contributed by atoms with Crippen molar-refractivity contribution in [3.63, 3.8) is 0 Å². The third-order valence-electron chi connectivity index (χ3n) is 5.74. The summed E-state index contributed by atoms with van der Waals surface area (Å²) in [5.74, 6) is 0.391. The maximum atomic E-state index is 13.7. The summed E-state index contributed by atoms with van der Waals surface area (Å²) in [4.78, 5) is 43.2. The number of fused-ring (bicyclic) bond motifs is 1. The van der Waals surface area contributed by atoms with E-state index >= 15 is 0 Å². The van der Waals surface area contributed by atoms with Gasteiger partial charge in [-0.05, 0) is 48.4 Å². The van der Waals surface area contributed by atoms with Gasteiger partial charge in [-0.2, -0.15) is 0 Å². The Hall–Kier alpha value is -4.44. The fourth-order valence-electron chi connectivity index (χ4n) is 4.09. The van der Waals surface area contributed by atoms with Crippen LogP contribution in [0.4, 0.5) is 0 Å². The molecule has 0 bridgehead atoms. The highest BCUT2D eigenvalue weighted by Crippen LogP contribution is 2.32. The molecule has 1 aliphatic rings. The molecule has 9 nitrogen and oxygen atoms in total. The van der Waals surface area contributed by atoms with Gasteiger partial charge in [0.25, 0.3) is 5.56 Å². The zero-order valence-corrected chi connectivity index (χ0v) is 22.2. The van der Waals surface area contributed by atoms with E-state index in [1.807, 2.05) is 6.07 Å². The molecule has 0 fully saturated rings. The van der Waals surface area contributed by atoms with E-state index in [0.29, 0.717) is 37.8 Å². The Morgan fingerprint density at radius 1 is 1.11 bits per heavy atom.